The monoisotopic (exact) mass is 217 g/mol. The predicted octanol–water partition coefficient (Wildman–Crippen LogP) is 1.52. The van der Waals surface area contributed by atoms with Crippen LogP contribution in [0.5, 0.6) is 0 Å². The molecule has 0 aliphatic rings. The summed E-state index contributed by atoms with van der Waals surface area (Å²) in [5.41, 5.74) is 5.30. The number of carbonyl (C=O) groups is 1. The lowest BCUT2D eigenvalue weighted by molar-refractivity contribution is -0.141. The Morgan fingerprint density at radius 1 is 1.40 bits per heavy atom. The number of aliphatic carboxylic acids is 1. The fourth-order valence-electron chi connectivity index (χ4n) is 0.966. The van der Waals surface area contributed by atoms with E-state index in [0.717, 1.165) is 6.42 Å². The largest absolute Gasteiger partial charge is 0.481 e. The van der Waals surface area contributed by atoms with Gasteiger partial charge in [-0.25, -0.2) is 0 Å². The van der Waals surface area contributed by atoms with Gasteiger partial charge in [-0.2, -0.15) is 5.10 Å². The number of hydrazone groups is 1. The van der Waals surface area contributed by atoms with Gasteiger partial charge in [-0.3, -0.25) is 4.79 Å². The summed E-state index contributed by atoms with van der Waals surface area (Å²) < 4.78 is 0. The second-order valence-electron chi connectivity index (χ2n) is 3.36. The van der Waals surface area contributed by atoms with Crippen molar-refractivity contribution in [2.75, 3.05) is 0 Å². The first-order valence-electron chi connectivity index (χ1n) is 5.28. The van der Waals surface area contributed by atoms with E-state index >= 15 is 0 Å². The highest BCUT2D eigenvalue weighted by Gasteiger charge is 2.17. The number of hydrogen-bond donors (Lipinski definition) is 3. The maximum atomic E-state index is 10.6. The van der Waals surface area contributed by atoms with Gasteiger partial charge in [-0.1, -0.05) is 33.6 Å². The van der Waals surface area contributed by atoms with E-state index in [1.165, 1.54) is 6.42 Å². The van der Waals surface area contributed by atoms with Gasteiger partial charge in [0.2, 0.25) is 0 Å². The molecule has 0 saturated heterocycles. The number of rotatable bonds is 5. The summed E-state index contributed by atoms with van der Waals surface area (Å²) in [5.74, 6) is 3.78. The van der Waals surface area contributed by atoms with Gasteiger partial charge in [0.25, 0.3) is 0 Å². The van der Waals surface area contributed by atoms with Crippen molar-refractivity contribution in [3.63, 3.8) is 0 Å². The molecule has 0 saturated carbocycles. The lowest BCUT2D eigenvalue weighted by Crippen LogP contribution is -2.23. The van der Waals surface area contributed by atoms with Gasteiger partial charge < -0.3 is 16.7 Å². The van der Waals surface area contributed by atoms with Gasteiger partial charge in [0, 0.05) is 6.42 Å². The number of nitrogens with zero attached hydrogens (tertiary/aromatic N) is 1. The smallest absolute Gasteiger partial charge is 0.306 e. The van der Waals surface area contributed by atoms with Crippen LogP contribution in [-0.4, -0.2) is 16.9 Å². The number of carboxylic acid groups (broad SMARTS) is 1. The van der Waals surface area contributed by atoms with Gasteiger partial charge in [0.1, 0.15) is 5.84 Å². The molecule has 0 rings (SSSR count). The summed E-state index contributed by atoms with van der Waals surface area (Å²) >= 11 is 0. The number of amidine groups is 1. The van der Waals surface area contributed by atoms with Gasteiger partial charge in [-0.15, -0.1) is 0 Å². The molecule has 1 unspecified atom stereocenters. The second-order valence-corrected chi connectivity index (χ2v) is 3.36. The van der Waals surface area contributed by atoms with Crippen molar-refractivity contribution in [1.29, 1.82) is 0 Å². The molecule has 0 bridgehead atoms. The first-order chi connectivity index (χ1) is 7.03. The third-order valence-corrected chi connectivity index (χ3v) is 1.61. The van der Waals surface area contributed by atoms with E-state index in [-0.39, 0.29) is 12.3 Å². The van der Waals surface area contributed by atoms with E-state index in [9.17, 15) is 4.79 Å². The van der Waals surface area contributed by atoms with Crippen molar-refractivity contribution in [2.45, 2.75) is 46.5 Å². The van der Waals surface area contributed by atoms with Crippen LogP contribution in [0.25, 0.3) is 0 Å². The van der Waals surface area contributed by atoms with Gasteiger partial charge in [-0.05, 0) is 6.42 Å². The van der Waals surface area contributed by atoms with Crippen LogP contribution in [0.15, 0.2) is 5.10 Å². The third-order valence-electron chi connectivity index (χ3n) is 1.61. The molecule has 0 fully saturated rings. The minimum atomic E-state index is -0.844. The molecule has 0 aromatic heterocycles. The highest BCUT2D eigenvalue weighted by molar-refractivity contribution is 5.84. The van der Waals surface area contributed by atoms with Crippen LogP contribution in [0.3, 0.4) is 0 Å². The topological polar surface area (TPSA) is 102 Å². The molecule has 0 aliphatic carbocycles. The molecule has 0 heterocycles. The Hall–Kier alpha value is -1.26. The zero-order valence-corrected chi connectivity index (χ0v) is 9.86. The predicted molar refractivity (Wildman–Crippen MR) is 62.4 cm³/mol. The first-order valence-corrected chi connectivity index (χ1v) is 5.28. The lowest BCUT2D eigenvalue weighted by Gasteiger charge is -2.09. The molecule has 1 atom stereocenters. The van der Waals surface area contributed by atoms with Crippen molar-refractivity contribution in [2.24, 2.45) is 22.6 Å². The van der Waals surface area contributed by atoms with Crippen molar-refractivity contribution < 1.29 is 9.90 Å². The lowest BCUT2D eigenvalue weighted by atomic mass is 10.00. The average Bonchev–Trinajstić information content (AvgIpc) is 2.18. The molecule has 0 amide bonds. The molecule has 90 valence electrons. The molecule has 5 nitrogen and oxygen atoms in total. The Kier molecular flexibility index (Phi) is 11.7. The van der Waals surface area contributed by atoms with Crippen molar-refractivity contribution in [3.8, 4) is 0 Å². The van der Waals surface area contributed by atoms with E-state index in [4.69, 9.17) is 16.7 Å². The Balaban J connectivity index is 0. The van der Waals surface area contributed by atoms with E-state index in [1.807, 2.05) is 6.92 Å². The maximum Gasteiger partial charge on any atom is 0.306 e. The molecule has 5 heteroatoms. The molecule has 0 radical (unpaired) electrons. The third kappa shape index (κ3) is 10.7. The van der Waals surface area contributed by atoms with Crippen LogP contribution in [-0.2, 0) is 4.79 Å². The average molecular weight is 217 g/mol. The highest BCUT2D eigenvalue weighted by atomic mass is 16.4. The van der Waals surface area contributed by atoms with Crippen LogP contribution in [0, 0.1) is 5.92 Å². The quantitative estimate of drug-likeness (QED) is 0.281. The van der Waals surface area contributed by atoms with Crippen LogP contribution < -0.4 is 11.6 Å². The Morgan fingerprint density at radius 3 is 2.13 bits per heavy atom. The van der Waals surface area contributed by atoms with E-state index in [0.29, 0.717) is 6.42 Å². The molecule has 0 aromatic carbocycles. The first kappa shape index (κ1) is 16.2. The molecule has 15 heavy (non-hydrogen) atoms. The summed E-state index contributed by atoms with van der Waals surface area (Å²) in [6.07, 6.45) is 2.90. The Labute approximate surface area is 91.5 Å². The molecular weight excluding hydrogens is 194 g/mol. The SMILES string of the molecule is CCC.CCCC(C/C(N)=N/N)C(=O)O. The minimum Gasteiger partial charge on any atom is -0.481 e. The summed E-state index contributed by atoms with van der Waals surface area (Å²) in [5, 5.41) is 11.9. The number of nitrogens with two attached hydrogens (primary N) is 2. The van der Waals surface area contributed by atoms with Crippen LogP contribution in [0.4, 0.5) is 0 Å². The fourth-order valence-corrected chi connectivity index (χ4v) is 0.966. The van der Waals surface area contributed by atoms with Crippen molar-refractivity contribution in [3.05, 3.63) is 0 Å². The minimum absolute atomic E-state index is 0.191. The van der Waals surface area contributed by atoms with Crippen LogP contribution >= 0.6 is 0 Å². The molecule has 0 aromatic rings. The molecular formula is C10H23N3O2. The van der Waals surface area contributed by atoms with Gasteiger partial charge in [0.15, 0.2) is 0 Å². The molecule has 5 N–H and O–H groups in total. The highest BCUT2D eigenvalue weighted by Crippen LogP contribution is 2.10. The van der Waals surface area contributed by atoms with Crippen molar-refractivity contribution >= 4 is 11.8 Å². The summed E-state index contributed by atoms with van der Waals surface area (Å²) in [6.45, 7) is 6.17. The maximum absolute atomic E-state index is 10.6. The normalized spacial score (nSPS) is 12.6. The van der Waals surface area contributed by atoms with Gasteiger partial charge >= 0.3 is 5.97 Å². The standard InChI is InChI=1S/C7H15N3O2.C3H8/c1-2-3-5(7(11)12)4-6(8)10-9;1-3-2/h5H,2-4,9H2,1H3,(H2,8,10)(H,11,12);3H2,1-2H3. The van der Waals surface area contributed by atoms with Crippen LogP contribution in [0.1, 0.15) is 46.5 Å². The van der Waals surface area contributed by atoms with E-state index in [1.54, 1.807) is 0 Å². The van der Waals surface area contributed by atoms with E-state index < -0.39 is 11.9 Å². The van der Waals surface area contributed by atoms with Gasteiger partial charge in [0.05, 0.1) is 5.92 Å². The molecule has 0 spiro atoms. The fraction of sp³-hybridized carbons (Fsp3) is 0.800. The number of carboxylic acids is 1. The number of hydrogen-bond acceptors (Lipinski definition) is 3. The summed E-state index contributed by atoms with van der Waals surface area (Å²) in [4.78, 5) is 10.6. The molecule has 0 aliphatic heterocycles. The van der Waals surface area contributed by atoms with Crippen molar-refractivity contribution in [1.82, 2.24) is 0 Å². The Morgan fingerprint density at radius 2 is 1.87 bits per heavy atom. The van der Waals surface area contributed by atoms with E-state index in [2.05, 4.69) is 18.9 Å². The summed E-state index contributed by atoms with van der Waals surface area (Å²) in [6, 6.07) is 0. The Bertz CT molecular complexity index is 193. The summed E-state index contributed by atoms with van der Waals surface area (Å²) in [7, 11) is 0. The second kappa shape index (κ2) is 10.8. The zero-order valence-electron chi connectivity index (χ0n) is 9.86. The van der Waals surface area contributed by atoms with Crippen LogP contribution in [0.2, 0.25) is 0 Å². The zero-order chi connectivity index (χ0) is 12.3.